The number of carbonyl (C=O) groups is 1. The van der Waals surface area contributed by atoms with Gasteiger partial charge in [-0.1, -0.05) is 0 Å². The Bertz CT molecular complexity index is 534. The number of nitro benzene ring substituents is 3. The Hall–Kier alpha value is -3.11. The van der Waals surface area contributed by atoms with E-state index < -0.39 is 44.0 Å². The van der Waals surface area contributed by atoms with Crippen LogP contribution in [0.4, 0.5) is 17.1 Å². The van der Waals surface area contributed by atoms with Gasteiger partial charge in [0.2, 0.25) is 0 Å². The normalized spacial score (nSPS) is 9.68. The molecular formula is C8H5N3O8. The number of hydrogen-bond acceptors (Lipinski definition) is 8. The Labute approximate surface area is 103 Å². The monoisotopic (exact) mass is 271 g/mol. The molecule has 0 aliphatic carbocycles. The minimum atomic E-state index is -1.02. The summed E-state index contributed by atoms with van der Waals surface area (Å²) in [5, 5.41) is 32.1. The third kappa shape index (κ3) is 2.96. The maximum atomic E-state index is 10.8. The summed E-state index contributed by atoms with van der Waals surface area (Å²) >= 11 is 0. The van der Waals surface area contributed by atoms with Crippen LogP contribution in [0.5, 0.6) is 0 Å². The van der Waals surface area contributed by atoms with Crippen molar-refractivity contribution >= 4 is 23.5 Å². The van der Waals surface area contributed by atoms with Gasteiger partial charge < -0.3 is 4.74 Å². The summed E-state index contributed by atoms with van der Waals surface area (Å²) in [4.78, 5) is 39.1. The molecule has 1 aromatic carbocycles. The van der Waals surface area contributed by atoms with Gasteiger partial charge in [0.25, 0.3) is 23.5 Å². The molecule has 11 heteroatoms. The van der Waals surface area contributed by atoms with Crippen LogP contribution in [0, 0.1) is 30.3 Å². The largest absolute Gasteiger partial charge is 0.462 e. The van der Waals surface area contributed by atoms with Crippen molar-refractivity contribution in [1.82, 2.24) is 0 Å². The molecule has 0 fully saturated rings. The van der Waals surface area contributed by atoms with Crippen molar-refractivity contribution in [3.63, 3.8) is 0 Å². The number of benzene rings is 1. The second-order valence-corrected chi connectivity index (χ2v) is 3.14. The molecule has 0 aliphatic heterocycles. The Morgan fingerprint density at radius 2 is 1.47 bits per heavy atom. The molecule has 0 radical (unpaired) electrons. The highest BCUT2D eigenvalue weighted by atomic mass is 16.6. The molecule has 0 spiro atoms. The standard InChI is InChI=1S/C8H5N3O8/c12-4-19-3-6-7(10(15)16)1-5(9(13)14)2-8(6)11(17)18/h1-2,4H,3H2. The third-order valence-electron chi connectivity index (χ3n) is 2.09. The lowest BCUT2D eigenvalue weighted by Gasteiger charge is -2.03. The van der Waals surface area contributed by atoms with E-state index in [2.05, 4.69) is 4.74 Å². The Kier molecular flexibility index (Phi) is 4.03. The fourth-order valence-electron chi connectivity index (χ4n) is 1.32. The summed E-state index contributed by atoms with van der Waals surface area (Å²) < 4.78 is 4.24. The van der Waals surface area contributed by atoms with Crippen molar-refractivity contribution in [3.05, 3.63) is 48.0 Å². The maximum absolute atomic E-state index is 10.8. The van der Waals surface area contributed by atoms with Crippen molar-refractivity contribution in [2.24, 2.45) is 0 Å². The van der Waals surface area contributed by atoms with Crippen LogP contribution in [0.1, 0.15) is 5.56 Å². The van der Waals surface area contributed by atoms with Crippen LogP contribution >= 0.6 is 0 Å². The number of nitrogens with zero attached hydrogens (tertiary/aromatic N) is 3. The maximum Gasteiger partial charge on any atom is 0.293 e. The Morgan fingerprint density at radius 1 is 1.00 bits per heavy atom. The van der Waals surface area contributed by atoms with Crippen molar-refractivity contribution in [2.45, 2.75) is 6.61 Å². The van der Waals surface area contributed by atoms with Gasteiger partial charge in [0.1, 0.15) is 12.2 Å². The molecule has 0 atom stereocenters. The molecule has 1 aromatic rings. The minimum Gasteiger partial charge on any atom is -0.462 e. The van der Waals surface area contributed by atoms with Crippen LogP contribution in [0.3, 0.4) is 0 Å². The average Bonchev–Trinajstić information content (AvgIpc) is 2.34. The molecule has 0 heterocycles. The fraction of sp³-hybridized carbons (Fsp3) is 0.125. The van der Waals surface area contributed by atoms with Crippen LogP contribution in [-0.4, -0.2) is 21.2 Å². The molecule has 0 bridgehead atoms. The van der Waals surface area contributed by atoms with E-state index in [0.29, 0.717) is 12.1 Å². The van der Waals surface area contributed by atoms with E-state index in [1.54, 1.807) is 0 Å². The van der Waals surface area contributed by atoms with Gasteiger partial charge in [-0.05, 0) is 0 Å². The highest BCUT2D eigenvalue weighted by molar-refractivity contribution is 5.60. The Balaban J connectivity index is 3.54. The zero-order valence-electron chi connectivity index (χ0n) is 9.05. The second-order valence-electron chi connectivity index (χ2n) is 3.14. The van der Waals surface area contributed by atoms with E-state index >= 15 is 0 Å². The van der Waals surface area contributed by atoms with E-state index in [0.717, 1.165) is 0 Å². The lowest BCUT2D eigenvalue weighted by Crippen LogP contribution is -2.04. The van der Waals surface area contributed by atoms with Gasteiger partial charge in [0.15, 0.2) is 0 Å². The van der Waals surface area contributed by atoms with Gasteiger partial charge in [0.05, 0.1) is 26.9 Å². The number of nitro groups is 3. The molecule has 0 saturated carbocycles. The number of hydrogen-bond donors (Lipinski definition) is 0. The summed E-state index contributed by atoms with van der Waals surface area (Å²) in [6.07, 6.45) is 0. The molecule has 1 rings (SSSR count). The molecule has 0 N–H and O–H groups in total. The van der Waals surface area contributed by atoms with Crippen LogP contribution in [0.25, 0.3) is 0 Å². The van der Waals surface area contributed by atoms with Gasteiger partial charge in [-0.15, -0.1) is 0 Å². The van der Waals surface area contributed by atoms with Gasteiger partial charge in [-0.25, -0.2) is 0 Å². The predicted octanol–water partition coefficient (Wildman–Crippen LogP) is 1.08. The van der Waals surface area contributed by atoms with Gasteiger partial charge in [-0.2, -0.15) is 0 Å². The highest BCUT2D eigenvalue weighted by Gasteiger charge is 2.30. The molecular weight excluding hydrogens is 266 g/mol. The van der Waals surface area contributed by atoms with Crippen molar-refractivity contribution in [3.8, 4) is 0 Å². The first-order chi connectivity index (χ1) is 8.88. The predicted molar refractivity (Wildman–Crippen MR) is 57.3 cm³/mol. The number of rotatable bonds is 6. The van der Waals surface area contributed by atoms with E-state index in [9.17, 15) is 35.1 Å². The van der Waals surface area contributed by atoms with Gasteiger partial charge in [-0.3, -0.25) is 35.1 Å². The van der Waals surface area contributed by atoms with E-state index in [4.69, 9.17) is 0 Å². The first-order valence-electron chi connectivity index (χ1n) is 4.53. The fourth-order valence-corrected chi connectivity index (χ4v) is 1.32. The first-order valence-corrected chi connectivity index (χ1v) is 4.53. The van der Waals surface area contributed by atoms with Gasteiger partial charge in [0, 0.05) is 0 Å². The van der Waals surface area contributed by atoms with E-state index in [1.807, 2.05) is 0 Å². The number of ether oxygens (including phenoxy) is 1. The summed E-state index contributed by atoms with van der Waals surface area (Å²) in [7, 11) is 0. The third-order valence-corrected chi connectivity index (χ3v) is 2.09. The molecule has 0 aliphatic rings. The zero-order valence-corrected chi connectivity index (χ0v) is 9.05. The van der Waals surface area contributed by atoms with E-state index in [-0.39, 0.29) is 6.47 Å². The van der Waals surface area contributed by atoms with Crippen molar-refractivity contribution in [1.29, 1.82) is 0 Å². The number of carbonyl (C=O) groups excluding carboxylic acids is 1. The first kappa shape index (κ1) is 14.0. The summed E-state index contributed by atoms with van der Waals surface area (Å²) in [6.45, 7) is -0.775. The lowest BCUT2D eigenvalue weighted by atomic mass is 10.1. The quantitative estimate of drug-likeness (QED) is 0.422. The topological polar surface area (TPSA) is 156 Å². The van der Waals surface area contributed by atoms with Crippen LogP contribution in [-0.2, 0) is 16.1 Å². The molecule has 0 aromatic heterocycles. The Morgan fingerprint density at radius 3 is 1.79 bits per heavy atom. The summed E-state index contributed by atoms with van der Waals surface area (Å²) in [6, 6.07) is 1.13. The van der Waals surface area contributed by atoms with Crippen molar-refractivity contribution < 1.29 is 24.3 Å². The zero-order chi connectivity index (χ0) is 14.6. The van der Waals surface area contributed by atoms with Crippen LogP contribution in [0.2, 0.25) is 0 Å². The molecule has 0 saturated heterocycles. The summed E-state index contributed by atoms with van der Waals surface area (Å²) in [5.41, 5.74) is -3.04. The molecule has 0 unspecified atom stereocenters. The number of non-ortho nitro benzene ring substituents is 1. The van der Waals surface area contributed by atoms with Crippen molar-refractivity contribution in [2.75, 3.05) is 0 Å². The minimum absolute atomic E-state index is 0.0468. The summed E-state index contributed by atoms with van der Waals surface area (Å²) in [5.74, 6) is 0. The second kappa shape index (κ2) is 5.48. The van der Waals surface area contributed by atoms with Gasteiger partial charge >= 0.3 is 0 Å². The molecule has 11 nitrogen and oxygen atoms in total. The molecule has 0 amide bonds. The molecule has 100 valence electrons. The molecule has 19 heavy (non-hydrogen) atoms. The lowest BCUT2D eigenvalue weighted by molar-refractivity contribution is -0.404. The highest BCUT2D eigenvalue weighted by Crippen LogP contribution is 2.33. The van der Waals surface area contributed by atoms with Crippen LogP contribution in [0.15, 0.2) is 12.1 Å². The smallest absolute Gasteiger partial charge is 0.293 e. The van der Waals surface area contributed by atoms with Crippen LogP contribution < -0.4 is 0 Å². The average molecular weight is 271 g/mol. The van der Waals surface area contributed by atoms with E-state index in [1.165, 1.54) is 0 Å². The SMILES string of the molecule is O=COCc1c([N+](=O)[O-])cc([N+](=O)[O-])cc1[N+](=O)[O-].